The lowest BCUT2D eigenvalue weighted by Gasteiger charge is -2.31. The summed E-state index contributed by atoms with van der Waals surface area (Å²) in [6, 6.07) is 8.62. The van der Waals surface area contributed by atoms with E-state index in [0.29, 0.717) is 36.5 Å². The van der Waals surface area contributed by atoms with Crippen LogP contribution >= 0.6 is 11.6 Å². The molecular weight excluding hydrogens is 304 g/mol. The van der Waals surface area contributed by atoms with Crippen molar-refractivity contribution in [3.63, 3.8) is 0 Å². The Bertz CT molecular complexity index is 586. The van der Waals surface area contributed by atoms with Gasteiger partial charge in [-0.2, -0.15) is 5.26 Å². The number of ether oxygens (including phenoxy) is 1. The summed E-state index contributed by atoms with van der Waals surface area (Å²) in [5.41, 5.74) is 0.587. The standard InChI is InChI=1S/C16H17ClN2O3/c1-11(10-18)22-16(21)13-6-8-19(9-7-13)15(20)12-2-4-14(17)5-3-12/h2-5,11,13H,6-9H2,1H3. The second kappa shape index (κ2) is 7.28. The highest BCUT2D eigenvalue weighted by molar-refractivity contribution is 6.30. The summed E-state index contributed by atoms with van der Waals surface area (Å²) in [6.07, 6.45) is 0.369. The molecule has 1 aliphatic heterocycles. The van der Waals surface area contributed by atoms with Crippen LogP contribution in [0.5, 0.6) is 0 Å². The molecule has 0 radical (unpaired) electrons. The molecule has 1 aliphatic rings. The molecule has 1 aromatic rings. The number of rotatable bonds is 3. The molecular formula is C16H17ClN2O3. The van der Waals surface area contributed by atoms with E-state index in [-0.39, 0.29) is 17.8 Å². The van der Waals surface area contributed by atoms with Gasteiger partial charge in [0.15, 0.2) is 6.10 Å². The fourth-order valence-corrected chi connectivity index (χ4v) is 2.52. The van der Waals surface area contributed by atoms with Crippen LogP contribution in [0.4, 0.5) is 0 Å². The van der Waals surface area contributed by atoms with Crippen molar-refractivity contribution >= 4 is 23.5 Å². The molecule has 22 heavy (non-hydrogen) atoms. The van der Waals surface area contributed by atoms with Crippen molar-refractivity contribution < 1.29 is 14.3 Å². The Balaban J connectivity index is 1.89. The molecule has 0 aliphatic carbocycles. The van der Waals surface area contributed by atoms with Crippen molar-refractivity contribution in [3.05, 3.63) is 34.9 Å². The van der Waals surface area contributed by atoms with Crippen molar-refractivity contribution in [2.75, 3.05) is 13.1 Å². The number of nitriles is 1. The Hall–Kier alpha value is -2.06. The molecule has 0 saturated carbocycles. The summed E-state index contributed by atoms with van der Waals surface area (Å²) >= 11 is 5.81. The Morgan fingerprint density at radius 2 is 1.91 bits per heavy atom. The van der Waals surface area contributed by atoms with Crippen LogP contribution in [0.2, 0.25) is 5.02 Å². The van der Waals surface area contributed by atoms with Gasteiger partial charge in [-0.05, 0) is 44.0 Å². The van der Waals surface area contributed by atoms with E-state index in [1.54, 1.807) is 29.2 Å². The second-order valence-corrected chi connectivity index (χ2v) is 5.72. The summed E-state index contributed by atoms with van der Waals surface area (Å²) in [5.74, 6) is -0.661. The Labute approximate surface area is 134 Å². The predicted octanol–water partition coefficient (Wildman–Crippen LogP) is 2.65. The molecule has 6 heteroatoms. The van der Waals surface area contributed by atoms with Gasteiger partial charge in [0, 0.05) is 23.7 Å². The molecule has 1 aromatic carbocycles. The number of hydrogen-bond acceptors (Lipinski definition) is 4. The van der Waals surface area contributed by atoms with Crippen molar-refractivity contribution in [3.8, 4) is 6.07 Å². The first-order valence-corrected chi connectivity index (χ1v) is 7.54. The van der Waals surface area contributed by atoms with Gasteiger partial charge in [-0.1, -0.05) is 11.6 Å². The van der Waals surface area contributed by atoms with Gasteiger partial charge in [0.1, 0.15) is 6.07 Å². The summed E-state index contributed by atoms with van der Waals surface area (Å²) in [5, 5.41) is 9.24. The van der Waals surface area contributed by atoms with Crippen molar-refractivity contribution in [1.82, 2.24) is 4.90 Å². The number of benzene rings is 1. The zero-order chi connectivity index (χ0) is 16.1. The molecule has 1 heterocycles. The van der Waals surface area contributed by atoms with Crippen LogP contribution in [-0.4, -0.2) is 36.0 Å². The summed E-state index contributed by atoms with van der Waals surface area (Å²) in [4.78, 5) is 25.9. The Morgan fingerprint density at radius 3 is 2.45 bits per heavy atom. The second-order valence-electron chi connectivity index (χ2n) is 5.28. The SMILES string of the molecule is CC(C#N)OC(=O)C1CCN(C(=O)c2ccc(Cl)cc2)CC1. The number of hydrogen-bond donors (Lipinski definition) is 0. The van der Waals surface area contributed by atoms with Crippen LogP contribution < -0.4 is 0 Å². The maximum absolute atomic E-state index is 12.3. The molecule has 5 nitrogen and oxygen atoms in total. The number of esters is 1. The third-order valence-electron chi connectivity index (χ3n) is 3.68. The molecule has 0 aromatic heterocycles. The highest BCUT2D eigenvalue weighted by Gasteiger charge is 2.29. The van der Waals surface area contributed by atoms with Crippen LogP contribution in [0.3, 0.4) is 0 Å². The van der Waals surface area contributed by atoms with Crippen LogP contribution in [0.15, 0.2) is 24.3 Å². The van der Waals surface area contributed by atoms with Gasteiger partial charge in [-0.15, -0.1) is 0 Å². The monoisotopic (exact) mass is 320 g/mol. The van der Waals surface area contributed by atoms with Crippen LogP contribution in [-0.2, 0) is 9.53 Å². The Kier molecular flexibility index (Phi) is 5.40. The van der Waals surface area contributed by atoms with E-state index in [2.05, 4.69) is 0 Å². The van der Waals surface area contributed by atoms with Gasteiger partial charge in [0.2, 0.25) is 0 Å². The number of likely N-dealkylation sites (tertiary alicyclic amines) is 1. The molecule has 0 bridgehead atoms. The van der Waals surface area contributed by atoms with E-state index in [4.69, 9.17) is 21.6 Å². The maximum Gasteiger partial charge on any atom is 0.310 e. The first-order valence-electron chi connectivity index (χ1n) is 7.16. The first-order chi connectivity index (χ1) is 10.5. The fourth-order valence-electron chi connectivity index (χ4n) is 2.39. The van der Waals surface area contributed by atoms with Crippen LogP contribution in [0, 0.1) is 17.2 Å². The number of piperidine rings is 1. The minimum Gasteiger partial charge on any atom is -0.447 e. The molecule has 1 unspecified atom stereocenters. The number of amides is 1. The van der Waals surface area contributed by atoms with E-state index in [0.717, 1.165) is 0 Å². The lowest BCUT2D eigenvalue weighted by molar-refractivity contribution is -0.152. The predicted molar refractivity (Wildman–Crippen MR) is 81.2 cm³/mol. The minimum absolute atomic E-state index is 0.0612. The number of halogens is 1. The third-order valence-corrected chi connectivity index (χ3v) is 3.93. The van der Waals surface area contributed by atoms with Gasteiger partial charge in [-0.3, -0.25) is 9.59 Å². The normalized spacial score (nSPS) is 16.7. The first kappa shape index (κ1) is 16.3. The average Bonchev–Trinajstić information content (AvgIpc) is 2.55. The minimum atomic E-state index is -0.735. The molecule has 1 atom stereocenters. The number of carbonyl (C=O) groups excluding carboxylic acids is 2. The van der Waals surface area contributed by atoms with E-state index < -0.39 is 6.10 Å². The molecule has 116 valence electrons. The zero-order valence-corrected chi connectivity index (χ0v) is 13.0. The molecule has 0 N–H and O–H groups in total. The molecule has 2 rings (SSSR count). The summed E-state index contributed by atoms with van der Waals surface area (Å²) in [6.45, 7) is 2.54. The van der Waals surface area contributed by atoms with Gasteiger partial charge in [0.05, 0.1) is 5.92 Å². The zero-order valence-electron chi connectivity index (χ0n) is 12.3. The van der Waals surface area contributed by atoms with Crippen LogP contribution in [0.25, 0.3) is 0 Å². The van der Waals surface area contributed by atoms with Crippen LogP contribution in [0.1, 0.15) is 30.1 Å². The molecule has 1 fully saturated rings. The topological polar surface area (TPSA) is 70.4 Å². The lowest BCUT2D eigenvalue weighted by atomic mass is 9.96. The lowest BCUT2D eigenvalue weighted by Crippen LogP contribution is -2.41. The van der Waals surface area contributed by atoms with Crippen molar-refractivity contribution in [1.29, 1.82) is 5.26 Å². The molecule has 1 amide bonds. The summed E-state index contributed by atoms with van der Waals surface area (Å²) < 4.78 is 5.01. The third kappa shape index (κ3) is 3.99. The largest absolute Gasteiger partial charge is 0.447 e. The maximum atomic E-state index is 12.3. The fraction of sp³-hybridized carbons (Fsp3) is 0.438. The number of carbonyl (C=O) groups is 2. The highest BCUT2D eigenvalue weighted by atomic mass is 35.5. The Morgan fingerprint density at radius 1 is 1.32 bits per heavy atom. The summed E-state index contributed by atoms with van der Waals surface area (Å²) in [7, 11) is 0. The average molecular weight is 321 g/mol. The van der Waals surface area contributed by atoms with Gasteiger partial charge < -0.3 is 9.64 Å². The van der Waals surface area contributed by atoms with Gasteiger partial charge >= 0.3 is 5.97 Å². The quantitative estimate of drug-likeness (QED) is 0.803. The van der Waals surface area contributed by atoms with Gasteiger partial charge in [0.25, 0.3) is 5.91 Å². The number of nitrogens with zero attached hydrogens (tertiary/aromatic N) is 2. The van der Waals surface area contributed by atoms with Crippen molar-refractivity contribution in [2.24, 2.45) is 5.92 Å². The van der Waals surface area contributed by atoms with E-state index >= 15 is 0 Å². The van der Waals surface area contributed by atoms with E-state index in [1.165, 1.54) is 6.92 Å². The van der Waals surface area contributed by atoms with E-state index in [9.17, 15) is 9.59 Å². The molecule has 1 saturated heterocycles. The van der Waals surface area contributed by atoms with E-state index in [1.807, 2.05) is 6.07 Å². The van der Waals surface area contributed by atoms with Gasteiger partial charge in [-0.25, -0.2) is 0 Å². The highest BCUT2D eigenvalue weighted by Crippen LogP contribution is 2.21. The molecule has 0 spiro atoms. The smallest absolute Gasteiger partial charge is 0.310 e. The van der Waals surface area contributed by atoms with Crippen molar-refractivity contribution in [2.45, 2.75) is 25.9 Å².